The van der Waals surface area contributed by atoms with E-state index in [9.17, 15) is 75.4 Å². The van der Waals surface area contributed by atoms with Gasteiger partial charge in [0.25, 0.3) is 0 Å². The van der Waals surface area contributed by atoms with Crippen molar-refractivity contribution in [3.63, 3.8) is 0 Å². The highest BCUT2D eigenvalue weighted by atomic mass is 19.4. The summed E-state index contributed by atoms with van der Waals surface area (Å²) in [4.78, 5) is 24.7. The number of benzene rings is 2. The zero-order valence-corrected chi connectivity index (χ0v) is 25.6. The van der Waals surface area contributed by atoms with E-state index >= 15 is 0 Å². The van der Waals surface area contributed by atoms with E-state index in [0.29, 0.717) is 18.6 Å². The van der Waals surface area contributed by atoms with Gasteiger partial charge in [-0.1, -0.05) is 26.2 Å². The van der Waals surface area contributed by atoms with Gasteiger partial charge in [-0.05, 0) is 68.3 Å². The van der Waals surface area contributed by atoms with E-state index in [4.69, 9.17) is 9.47 Å². The first-order valence-corrected chi connectivity index (χ1v) is 14.3. The number of alkyl halides is 15. The second-order valence-electron chi connectivity index (χ2n) is 10.9. The summed E-state index contributed by atoms with van der Waals surface area (Å²) in [6.45, 7) is 0.740. The van der Waals surface area contributed by atoms with Gasteiger partial charge in [0.05, 0.1) is 17.2 Å². The van der Waals surface area contributed by atoms with E-state index in [1.807, 2.05) is 6.92 Å². The van der Waals surface area contributed by atoms with Crippen molar-refractivity contribution in [3.05, 3.63) is 59.7 Å². The van der Waals surface area contributed by atoms with E-state index in [1.165, 1.54) is 24.3 Å². The Hall–Kier alpha value is -3.87. The average Bonchev–Trinajstić information content (AvgIpc) is 3.01. The van der Waals surface area contributed by atoms with Crippen LogP contribution < -0.4 is 9.47 Å². The van der Waals surface area contributed by atoms with Gasteiger partial charge in [0.1, 0.15) is 11.5 Å². The second kappa shape index (κ2) is 15.2. The molecule has 0 spiro atoms. The van der Waals surface area contributed by atoms with Crippen molar-refractivity contribution in [2.45, 2.75) is 93.8 Å². The molecule has 0 radical (unpaired) electrons. The zero-order valence-electron chi connectivity index (χ0n) is 25.6. The van der Waals surface area contributed by atoms with Gasteiger partial charge in [-0.2, -0.15) is 65.9 Å². The van der Waals surface area contributed by atoms with Crippen molar-refractivity contribution in [1.82, 2.24) is 0 Å². The molecular weight excluding hydrogens is 725 g/mol. The Morgan fingerprint density at radius 1 is 0.580 bits per heavy atom. The molecule has 282 valence electrons. The molecule has 2 aromatic rings. The molecule has 5 nitrogen and oxygen atoms in total. The van der Waals surface area contributed by atoms with Crippen molar-refractivity contribution in [2.24, 2.45) is 0 Å². The normalized spacial score (nSPS) is 14.3. The summed E-state index contributed by atoms with van der Waals surface area (Å²) in [5.74, 6) is -50.2. The molecule has 0 fully saturated rings. The van der Waals surface area contributed by atoms with Gasteiger partial charge in [-0.25, -0.2) is 9.59 Å². The molecule has 0 aromatic heterocycles. The van der Waals surface area contributed by atoms with Crippen molar-refractivity contribution in [2.75, 3.05) is 6.61 Å². The number of ether oxygens (including phenoxy) is 3. The predicted molar refractivity (Wildman–Crippen MR) is 143 cm³/mol. The minimum Gasteiger partial charge on any atom is -0.487 e. The molecule has 0 aliphatic carbocycles. The van der Waals surface area contributed by atoms with Gasteiger partial charge in [-0.15, -0.1) is 0 Å². The molecule has 0 heterocycles. The third kappa shape index (κ3) is 8.52. The third-order valence-corrected chi connectivity index (χ3v) is 6.98. The van der Waals surface area contributed by atoms with Crippen molar-refractivity contribution in [1.29, 1.82) is 0 Å². The number of hydrogen-bond acceptors (Lipinski definition) is 5. The smallest absolute Gasteiger partial charge is 0.460 e. The molecule has 0 saturated heterocycles. The van der Waals surface area contributed by atoms with Crippen LogP contribution in [0.2, 0.25) is 0 Å². The Morgan fingerprint density at radius 2 is 1.02 bits per heavy atom. The van der Waals surface area contributed by atoms with Gasteiger partial charge in [0.15, 0.2) is 6.61 Å². The summed E-state index contributed by atoms with van der Waals surface area (Å²) in [6.07, 6.45) is -3.50. The maximum atomic E-state index is 14.1. The highest BCUT2D eigenvalue weighted by molar-refractivity contribution is 5.92. The van der Waals surface area contributed by atoms with Crippen molar-refractivity contribution in [3.8, 4) is 11.5 Å². The van der Waals surface area contributed by atoms with E-state index in [2.05, 4.69) is 4.74 Å². The molecule has 0 N–H and O–H groups in total. The fourth-order valence-corrected chi connectivity index (χ4v) is 3.94. The lowest BCUT2D eigenvalue weighted by molar-refractivity contribution is -0.453. The summed E-state index contributed by atoms with van der Waals surface area (Å²) < 4.78 is 215. The van der Waals surface area contributed by atoms with Crippen LogP contribution in [0.1, 0.15) is 66.7 Å². The minimum absolute atomic E-state index is 0.113. The summed E-state index contributed by atoms with van der Waals surface area (Å²) in [6, 6.07) is 7.57. The molecule has 1 atom stereocenters. The molecule has 2 rings (SSSR count). The molecule has 2 aromatic carbocycles. The number of hydrogen-bond donors (Lipinski definition) is 0. The van der Waals surface area contributed by atoms with E-state index in [1.54, 1.807) is 6.92 Å². The lowest BCUT2D eigenvalue weighted by Crippen LogP contribution is -2.73. The van der Waals surface area contributed by atoms with Crippen LogP contribution in [-0.4, -0.2) is 66.4 Å². The Morgan fingerprint density at radius 3 is 1.50 bits per heavy atom. The van der Waals surface area contributed by atoms with Gasteiger partial charge in [0, 0.05) is 0 Å². The molecule has 1 unspecified atom stereocenters. The number of halogens is 15. The molecule has 0 amide bonds. The Bertz CT molecular complexity index is 1440. The lowest BCUT2D eigenvalue weighted by atomic mass is 9.91. The number of unbranched alkanes of at least 4 members (excludes halogenated alkanes) is 3. The topological polar surface area (TPSA) is 61.8 Å². The van der Waals surface area contributed by atoms with Gasteiger partial charge in [0.2, 0.25) is 0 Å². The standard InChI is InChI=1S/C30H27F15O5/c1-3-4-5-6-7-17(2)49-22(46)18-10-14-21(15-11-18)50-23(47)19-8-12-20(13-9-19)48-16-24(31,32)25(33,34)26(35,36)27(37,38)28(39,40)29(41,42)30(43,44)45/h8-15,17H,3-7,16H2,1-2H3. The molecule has 50 heavy (non-hydrogen) atoms. The quantitative estimate of drug-likeness (QED) is 0.0697. The monoisotopic (exact) mass is 752 g/mol. The zero-order chi connectivity index (χ0) is 38.6. The van der Waals surface area contributed by atoms with E-state index in [-0.39, 0.29) is 23.0 Å². The number of rotatable bonds is 17. The van der Waals surface area contributed by atoms with Crippen LogP contribution in [0.15, 0.2) is 48.5 Å². The largest absolute Gasteiger partial charge is 0.487 e. The maximum Gasteiger partial charge on any atom is 0.460 e. The molecule has 0 bridgehead atoms. The van der Waals surface area contributed by atoms with Crippen LogP contribution in [0, 0.1) is 0 Å². The highest BCUT2D eigenvalue weighted by Gasteiger charge is 2.93. The molecule has 0 saturated carbocycles. The van der Waals surface area contributed by atoms with Gasteiger partial charge >= 0.3 is 53.7 Å². The Kier molecular flexibility index (Phi) is 12.8. The van der Waals surface area contributed by atoms with Crippen LogP contribution in [0.25, 0.3) is 0 Å². The summed E-state index contributed by atoms with van der Waals surface area (Å²) >= 11 is 0. The summed E-state index contributed by atoms with van der Waals surface area (Å²) in [7, 11) is 0. The fourth-order valence-electron chi connectivity index (χ4n) is 3.94. The number of carbonyl (C=O) groups is 2. The van der Waals surface area contributed by atoms with Crippen LogP contribution in [-0.2, 0) is 4.74 Å². The molecule has 0 aliphatic rings. The summed E-state index contributed by atoms with van der Waals surface area (Å²) in [5, 5.41) is 0. The minimum atomic E-state index is -8.40. The van der Waals surface area contributed by atoms with Crippen LogP contribution >= 0.6 is 0 Å². The molecular formula is C30H27F15O5. The van der Waals surface area contributed by atoms with Gasteiger partial charge < -0.3 is 14.2 Å². The summed E-state index contributed by atoms with van der Waals surface area (Å²) in [5.41, 5.74) is -0.266. The first kappa shape index (κ1) is 42.3. The van der Waals surface area contributed by atoms with Crippen molar-refractivity contribution < 1.29 is 89.7 Å². The molecule has 0 aliphatic heterocycles. The fraction of sp³-hybridized carbons (Fsp3) is 0.533. The Labute approximate surface area is 273 Å². The average molecular weight is 753 g/mol. The molecule has 20 heteroatoms. The first-order chi connectivity index (χ1) is 22.7. The predicted octanol–water partition coefficient (Wildman–Crippen LogP) is 10.2. The van der Waals surface area contributed by atoms with E-state index in [0.717, 1.165) is 37.8 Å². The lowest BCUT2D eigenvalue weighted by Gasteiger charge is -2.41. The highest BCUT2D eigenvalue weighted by Crippen LogP contribution is 2.62. The SMILES string of the molecule is CCCCCCC(C)OC(=O)c1ccc(OC(=O)c2ccc(OCC(F)(F)C(F)(F)C(F)(F)C(F)(F)C(F)(F)C(F)(F)C(F)(F)F)cc2)cc1. The van der Waals surface area contributed by atoms with Crippen molar-refractivity contribution >= 4 is 11.9 Å². The number of carbonyl (C=O) groups excluding carboxylic acids is 2. The Balaban J connectivity index is 2.08. The van der Waals surface area contributed by atoms with Crippen LogP contribution in [0.5, 0.6) is 11.5 Å². The van der Waals surface area contributed by atoms with Crippen LogP contribution in [0.3, 0.4) is 0 Å². The van der Waals surface area contributed by atoms with Crippen LogP contribution in [0.4, 0.5) is 65.9 Å². The van der Waals surface area contributed by atoms with Gasteiger partial charge in [-0.3, -0.25) is 0 Å². The maximum absolute atomic E-state index is 14.1. The van der Waals surface area contributed by atoms with E-state index < -0.39 is 66.0 Å². The first-order valence-electron chi connectivity index (χ1n) is 14.3. The number of esters is 2. The third-order valence-electron chi connectivity index (χ3n) is 6.98. The second-order valence-corrected chi connectivity index (χ2v) is 10.9.